The molecular formula is C37H49F5N10O4. The number of hydrogen-bond donors (Lipinski definition) is 2. The van der Waals surface area contributed by atoms with Gasteiger partial charge in [0.05, 0.1) is 29.9 Å². The third-order valence-electron chi connectivity index (χ3n) is 11.3. The molecule has 7 rings (SSSR count). The van der Waals surface area contributed by atoms with Crippen molar-refractivity contribution >= 4 is 29.5 Å². The van der Waals surface area contributed by atoms with Gasteiger partial charge in [-0.3, -0.25) is 14.3 Å². The van der Waals surface area contributed by atoms with Gasteiger partial charge in [-0.05, 0) is 77.7 Å². The van der Waals surface area contributed by atoms with Crippen molar-refractivity contribution in [2.75, 3.05) is 31.1 Å². The Kier molecular flexibility index (Phi) is 10.7. The smallest absolute Gasteiger partial charge is 0.410 e. The number of nitrogens with zero attached hydrogens (tertiary/aromatic N) is 8. The van der Waals surface area contributed by atoms with Gasteiger partial charge in [0.15, 0.2) is 5.82 Å². The van der Waals surface area contributed by atoms with Crippen LogP contribution in [-0.4, -0.2) is 102 Å². The molecule has 0 spiro atoms. The van der Waals surface area contributed by atoms with Crippen molar-refractivity contribution in [3.05, 3.63) is 35.5 Å². The fourth-order valence-electron chi connectivity index (χ4n) is 8.21. The number of anilines is 1. The van der Waals surface area contributed by atoms with Crippen LogP contribution in [0.3, 0.4) is 0 Å². The van der Waals surface area contributed by atoms with Crippen molar-refractivity contribution in [1.82, 2.24) is 44.9 Å². The Morgan fingerprint density at radius 1 is 1.09 bits per heavy atom. The molecule has 0 aromatic carbocycles. The molecule has 5 heterocycles. The molecule has 14 nitrogen and oxygen atoms in total. The minimum absolute atomic E-state index is 0.122. The molecule has 2 saturated heterocycles. The normalized spacial score (nSPS) is 24.2. The van der Waals surface area contributed by atoms with Crippen molar-refractivity contribution in [3.8, 4) is 0 Å². The second kappa shape index (κ2) is 15.1. The van der Waals surface area contributed by atoms with Crippen molar-refractivity contribution in [2.24, 2.45) is 23.7 Å². The van der Waals surface area contributed by atoms with Gasteiger partial charge in [-0.15, -0.1) is 0 Å². The van der Waals surface area contributed by atoms with Crippen LogP contribution in [0.25, 0.3) is 5.78 Å². The van der Waals surface area contributed by atoms with Crippen molar-refractivity contribution in [3.63, 3.8) is 0 Å². The van der Waals surface area contributed by atoms with Crippen LogP contribution in [0.2, 0.25) is 0 Å². The van der Waals surface area contributed by atoms with Crippen LogP contribution in [0.15, 0.2) is 18.5 Å². The van der Waals surface area contributed by atoms with Gasteiger partial charge in [-0.25, -0.2) is 23.1 Å². The molecule has 0 bridgehead atoms. The van der Waals surface area contributed by atoms with Crippen molar-refractivity contribution in [2.45, 2.75) is 115 Å². The van der Waals surface area contributed by atoms with Crippen molar-refractivity contribution in [1.29, 1.82) is 0 Å². The Hall–Kier alpha value is -4.58. The first-order chi connectivity index (χ1) is 26.4. The van der Waals surface area contributed by atoms with E-state index < -0.39 is 72.4 Å². The molecule has 2 aliphatic carbocycles. The van der Waals surface area contributed by atoms with Gasteiger partial charge < -0.3 is 25.2 Å². The summed E-state index contributed by atoms with van der Waals surface area (Å²) in [4.78, 5) is 53.3. The van der Waals surface area contributed by atoms with Crippen LogP contribution < -0.4 is 15.5 Å². The SMILES string of the molecule is CCn1nccc1C(=O)N[C@H](c1cn2nc(C[C@H]3C[C@@H](C(F)(F)F)CNC3=O)c(N3CCN(C(=O)OC(C)(C)C)C(C4CC4)C3)nc2n1)C1CCC(F)(F)CC1. The number of carbonyl (C=O) groups is 3. The lowest BCUT2D eigenvalue weighted by atomic mass is 9.81. The quantitative estimate of drug-likeness (QED) is 0.274. The number of ether oxygens (including phenoxy) is 1. The summed E-state index contributed by atoms with van der Waals surface area (Å²) in [5, 5.41) is 14.4. The van der Waals surface area contributed by atoms with Gasteiger partial charge in [-0.2, -0.15) is 28.4 Å². The Bertz CT molecular complexity index is 1930. The Morgan fingerprint density at radius 3 is 2.48 bits per heavy atom. The lowest BCUT2D eigenvalue weighted by Gasteiger charge is -2.42. The molecule has 3 aromatic rings. The number of halogens is 5. The first-order valence-electron chi connectivity index (χ1n) is 19.4. The fraction of sp³-hybridized carbons (Fsp3) is 0.703. The topological polar surface area (TPSA) is 152 Å². The fourth-order valence-corrected chi connectivity index (χ4v) is 8.21. The molecule has 2 aliphatic heterocycles. The van der Waals surface area contributed by atoms with Crippen LogP contribution in [0.1, 0.15) is 101 Å². The number of aromatic nitrogens is 6. The van der Waals surface area contributed by atoms with Crippen LogP contribution >= 0.6 is 0 Å². The van der Waals surface area contributed by atoms with E-state index in [0.29, 0.717) is 36.8 Å². The van der Waals surface area contributed by atoms with Crippen LogP contribution in [0.4, 0.5) is 32.6 Å². The molecule has 56 heavy (non-hydrogen) atoms. The molecule has 1 unspecified atom stereocenters. The summed E-state index contributed by atoms with van der Waals surface area (Å²) in [6, 6.07) is 0.536. The Balaban J connectivity index is 1.25. The third-order valence-corrected chi connectivity index (χ3v) is 11.3. The average Bonchev–Trinajstić information content (AvgIpc) is 3.71. The van der Waals surface area contributed by atoms with Gasteiger partial charge in [-0.1, -0.05) is 0 Å². The molecule has 4 aliphatic rings. The van der Waals surface area contributed by atoms with Gasteiger partial charge >= 0.3 is 12.3 Å². The molecule has 0 radical (unpaired) electrons. The zero-order chi connectivity index (χ0) is 40.2. The van der Waals surface area contributed by atoms with Gasteiger partial charge in [0.2, 0.25) is 11.8 Å². The summed E-state index contributed by atoms with van der Waals surface area (Å²) in [5.41, 5.74) is 0.195. The molecular weight excluding hydrogens is 743 g/mol. The number of aryl methyl sites for hydroxylation is 1. The molecule has 306 valence electrons. The van der Waals surface area contributed by atoms with Crippen LogP contribution in [0, 0.1) is 23.7 Å². The number of hydrogen-bond acceptors (Lipinski definition) is 9. The maximum absolute atomic E-state index is 14.3. The minimum Gasteiger partial charge on any atom is -0.444 e. The van der Waals surface area contributed by atoms with Crippen LogP contribution in [0.5, 0.6) is 0 Å². The first-order valence-corrected chi connectivity index (χ1v) is 19.4. The predicted octanol–water partition coefficient (Wildman–Crippen LogP) is 5.33. The number of nitrogens with one attached hydrogen (secondary N) is 2. The van der Waals surface area contributed by atoms with E-state index in [4.69, 9.17) is 19.8 Å². The van der Waals surface area contributed by atoms with Gasteiger partial charge in [0, 0.05) is 64.1 Å². The molecule has 2 saturated carbocycles. The number of piperazine rings is 1. The third kappa shape index (κ3) is 8.70. The highest BCUT2D eigenvalue weighted by molar-refractivity contribution is 5.92. The Morgan fingerprint density at radius 2 is 1.82 bits per heavy atom. The van der Waals surface area contributed by atoms with E-state index in [1.54, 1.807) is 37.9 Å². The molecule has 3 aromatic heterocycles. The summed E-state index contributed by atoms with van der Waals surface area (Å²) in [5.74, 6) is -6.29. The molecule has 3 amide bonds. The summed E-state index contributed by atoms with van der Waals surface area (Å²) in [7, 11) is 0. The average molecular weight is 793 g/mol. The molecule has 4 atom stereocenters. The van der Waals surface area contributed by atoms with Gasteiger partial charge in [0.1, 0.15) is 17.0 Å². The number of amides is 3. The van der Waals surface area contributed by atoms with E-state index in [1.807, 2.05) is 11.8 Å². The zero-order valence-electron chi connectivity index (χ0n) is 32.0. The molecule has 19 heteroatoms. The van der Waals surface area contributed by atoms with Gasteiger partial charge in [0.25, 0.3) is 11.7 Å². The predicted molar refractivity (Wildman–Crippen MR) is 192 cm³/mol. The van der Waals surface area contributed by atoms with E-state index in [-0.39, 0.29) is 62.1 Å². The number of fused-ring (bicyclic) bond motifs is 1. The Labute approximate surface area is 320 Å². The highest BCUT2D eigenvalue weighted by Gasteiger charge is 2.47. The summed E-state index contributed by atoms with van der Waals surface area (Å²) < 4.78 is 78.9. The van der Waals surface area contributed by atoms with E-state index in [9.17, 15) is 36.3 Å². The highest BCUT2D eigenvalue weighted by atomic mass is 19.4. The molecule has 2 N–H and O–H groups in total. The van der Waals surface area contributed by atoms with Crippen molar-refractivity contribution < 1.29 is 41.1 Å². The van der Waals surface area contributed by atoms with Crippen LogP contribution in [-0.2, 0) is 22.5 Å². The molecule has 4 fully saturated rings. The number of piperidine rings is 1. The maximum Gasteiger partial charge on any atom is 0.410 e. The monoisotopic (exact) mass is 792 g/mol. The summed E-state index contributed by atoms with van der Waals surface area (Å²) in [6.07, 6.45) is -1.08. The second-order valence-corrected chi connectivity index (χ2v) is 16.6. The zero-order valence-corrected chi connectivity index (χ0v) is 32.0. The van der Waals surface area contributed by atoms with E-state index in [2.05, 4.69) is 15.7 Å². The largest absolute Gasteiger partial charge is 0.444 e. The van der Waals surface area contributed by atoms with E-state index >= 15 is 0 Å². The lowest BCUT2D eigenvalue weighted by Crippen LogP contribution is -2.57. The standard InChI is InChI=1S/C37H49F5N10O4/c1-5-51-27(10-13-44-51)32(54)46-29(22-8-11-36(38,39)12-9-22)26-19-52-33(45-26)47-30(25(48-52)17-23-16-24(37(40,41)42)18-43-31(23)53)49-14-15-50(28(20-49)21-6-7-21)34(55)56-35(2,3)4/h10,13,19,21-24,28-29H,5-9,11-12,14-18,20H2,1-4H3,(H,43,53)(H,46,54)/t23-,24-,28?,29+/m1/s1. The van der Waals surface area contributed by atoms with E-state index in [1.165, 1.54) is 15.4 Å². The number of carbonyl (C=O) groups excluding carboxylic acids is 3. The maximum atomic E-state index is 14.3. The number of alkyl halides is 5. The lowest BCUT2D eigenvalue weighted by molar-refractivity contribution is -0.183. The number of imidazole rings is 1. The number of rotatable bonds is 9. The summed E-state index contributed by atoms with van der Waals surface area (Å²) in [6.45, 7) is 8.10. The minimum atomic E-state index is -4.50. The summed E-state index contributed by atoms with van der Waals surface area (Å²) >= 11 is 0. The highest BCUT2D eigenvalue weighted by Crippen LogP contribution is 2.42. The first kappa shape index (κ1) is 39.6. The van der Waals surface area contributed by atoms with E-state index in [0.717, 1.165) is 12.8 Å². The second-order valence-electron chi connectivity index (χ2n) is 16.6.